The van der Waals surface area contributed by atoms with Gasteiger partial charge in [-0.2, -0.15) is 0 Å². The highest BCUT2D eigenvalue weighted by atomic mass is 127. The van der Waals surface area contributed by atoms with E-state index < -0.39 is 0 Å². The fourth-order valence-corrected chi connectivity index (χ4v) is 2.51. The normalized spacial score (nSPS) is 16.3. The van der Waals surface area contributed by atoms with Crippen molar-refractivity contribution in [3.63, 3.8) is 0 Å². The first-order chi connectivity index (χ1) is 10.8. The van der Waals surface area contributed by atoms with Crippen LogP contribution in [-0.2, 0) is 4.79 Å². The Kier molecular flexibility index (Phi) is 11.6. The van der Waals surface area contributed by atoms with Crippen LogP contribution in [0, 0.1) is 11.8 Å². The van der Waals surface area contributed by atoms with E-state index in [0.717, 1.165) is 45.2 Å². The van der Waals surface area contributed by atoms with E-state index in [-0.39, 0.29) is 36.4 Å². The molecule has 142 valence electrons. The molecule has 1 amide bonds. The van der Waals surface area contributed by atoms with E-state index in [9.17, 15) is 4.79 Å². The summed E-state index contributed by atoms with van der Waals surface area (Å²) in [6, 6.07) is 0. The van der Waals surface area contributed by atoms with Crippen molar-refractivity contribution < 1.29 is 4.79 Å². The molecule has 1 saturated heterocycles. The second-order valence-corrected chi connectivity index (χ2v) is 7.38. The van der Waals surface area contributed by atoms with Crippen molar-refractivity contribution in [2.45, 2.75) is 27.7 Å². The van der Waals surface area contributed by atoms with Crippen molar-refractivity contribution in [2.24, 2.45) is 16.8 Å². The molecule has 0 spiro atoms. The van der Waals surface area contributed by atoms with Crippen LogP contribution in [0.15, 0.2) is 4.99 Å². The minimum absolute atomic E-state index is 0. The molecular weight excluding hydrogens is 417 g/mol. The predicted octanol–water partition coefficient (Wildman–Crippen LogP) is 1.57. The molecule has 24 heavy (non-hydrogen) atoms. The van der Waals surface area contributed by atoms with Gasteiger partial charge in [-0.05, 0) is 11.8 Å². The fourth-order valence-electron chi connectivity index (χ4n) is 2.51. The second kappa shape index (κ2) is 11.9. The summed E-state index contributed by atoms with van der Waals surface area (Å²) < 4.78 is 0. The Morgan fingerprint density at radius 1 is 1.08 bits per heavy atom. The third-order valence-corrected chi connectivity index (χ3v) is 3.83. The lowest BCUT2D eigenvalue weighted by Gasteiger charge is -2.37. The number of hydrogen-bond donors (Lipinski definition) is 1. The molecule has 0 atom stereocenters. The van der Waals surface area contributed by atoms with Crippen LogP contribution in [0.4, 0.5) is 0 Å². The Hall–Kier alpha value is -0.570. The minimum atomic E-state index is 0. The van der Waals surface area contributed by atoms with Gasteiger partial charge in [0.1, 0.15) is 6.54 Å². The van der Waals surface area contributed by atoms with Gasteiger partial charge in [-0.25, -0.2) is 4.99 Å². The standard InChI is InChI=1S/C17H35N5O.HI/c1-14(2)11-18-17(19-12-16(23)20(5)6)22-9-7-21(8-10-22)13-15(3)4;/h14-15H,7-13H2,1-6H3,(H,18,19);1H. The molecule has 0 radical (unpaired) electrons. The number of carbonyl (C=O) groups excluding carboxylic acids is 1. The zero-order valence-electron chi connectivity index (χ0n) is 16.2. The average Bonchev–Trinajstić information content (AvgIpc) is 2.47. The van der Waals surface area contributed by atoms with E-state index >= 15 is 0 Å². The Bertz CT molecular complexity index is 390. The number of rotatable bonds is 6. The zero-order valence-corrected chi connectivity index (χ0v) is 18.5. The summed E-state index contributed by atoms with van der Waals surface area (Å²) in [7, 11) is 3.54. The number of hydrogen-bond acceptors (Lipinski definition) is 3. The zero-order chi connectivity index (χ0) is 17.4. The summed E-state index contributed by atoms with van der Waals surface area (Å²) in [5, 5.41) is 3.43. The van der Waals surface area contributed by atoms with Crippen molar-refractivity contribution in [1.82, 2.24) is 20.0 Å². The number of piperazine rings is 1. The monoisotopic (exact) mass is 453 g/mol. The summed E-state index contributed by atoms with van der Waals surface area (Å²) in [6.45, 7) is 15.2. The van der Waals surface area contributed by atoms with Gasteiger partial charge in [0, 0.05) is 53.4 Å². The van der Waals surface area contributed by atoms with E-state index in [4.69, 9.17) is 0 Å². The highest BCUT2D eigenvalue weighted by molar-refractivity contribution is 14.0. The topological polar surface area (TPSA) is 51.2 Å². The smallest absolute Gasteiger partial charge is 0.243 e. The average molecular weight is 453 g/mol. The summed E-state index contributed by atoms with van der Waals surface area (Å²) in [6.07, 6.45) is 0. The molecule has 0 unspecified atom stereocenters. The Morgan fingerprint density at radius 3 is 2.12 bits per heavy atom. The number of aliphatic imine (C=N–C) groups is 1. The summed E-state index contributed by atoms with van der Waals surface area (Å²) >= 11 is 0. The highest BCUT2D eigenvalue weighted by Crippen LogP contribution is 2.06. The number of nitrogens with one attached hydrogen (secondary N) is 1. The lowest BCUT2D eigenvalue weighted by molar-refractivity contribution is -0.127. The maximum atomic E-state index is 11.8. The molecule has 1 aliphatic rings. The van der Waals surface area contributed by atoms with Gasteiger partial charge in [0.05, 0.1) is 0 Å². The van der Waals surface area contributed by atoms with E-state index in [0.29, 0.717) is 11.8 Å². The maximum Gasteiger partial charge on any atom is 0.243 e. The van der Waals surface area contributed by atoms with Crippen molar-refractivity contribution in [2.75, 3.05) is 59.9 Å². The molecule has 1 fully saturated rings. The molecular formula is C17H36IN5O. The second-order valence-electron chi connectivity index (χ2n) is 7.38. The first kappa shape index (κ1) is 23.4. The first-order valence-corrected chi connectivity index (χ1v) is 8.75. The number of guanidine groups is 1. The van der Waals surface area contributed by atoms with E-state index in [2.05, 4.69) is 47.8 Å². The van der Waals surface area contributed by atoms with Gasteiger partial charge in [0.25, 0.3) is 0 Å². The summed E-state index contributed by atoms with van der Waals surface area (Å²) in [5.74, 6) is 2.16. The van der Waals surface area contributed by atoms with Gasteiger partial charge in [0.2, 0.25) is 5.91 Å². The van der Waals surface area contributed by atoms with Gasteiger partial charge >= 0.3 is 0 Å². The number of amides is 1. The quantitative estimate of drug-likeness (QED) is 0.377. The molecule has 0 aromatic carbocycles. The molecule has 1 rings (SSSR count). The Labute approximate surface area is 165 Å². The number of halogens is 1. The molecule has 0 bridgehead atoms. The van der Waals surface area contributed by atoms with Crippen LogP contribution in [0.25, 0.3) is 0 Å². The third-order valence-electron chi connectivity index (χ3n) is 3.83. The molecule has 0 aromatic heterocycles. The molecule has 0 aliphatic carbocycles. The largest absolute Gasteiger partial charge is 0.356 e. The van der Waals surface area contributed by atoms with Crippen LogP contribution >= 0.6 is 24.0 Å². The van der Waals surface area contributed by atoms with Gasteiger partial charge < -0.3 is 15.1 Å². The molecule has 0 aromatic rings. The molecule has 6 nitrogen and oxygen atoms in total. The number of nitrogens with zero attached hydrogens (tertiary/aromatic N) is 4. The van der Waals surface area contributed by atoms with Crippen LogP contribution in [-0.4, -0.2) is 86.5 Å². The highest BCUT2D eigenvalue weighted by Gasteiger charge is 2.20. The van der Waals surface area contributed by atoms with E-state index in [1.165, 1.54) is 0 Å². The van der Waals surface area contributed by atoms with Gasteiger partial charge in [0.15, 0.2) is 5.96 Å². The molecule has 1 aliphatic heterocycles. The molecule has 7 heteroatoms. The van der Waals surface area contributed by atoms with Crippen LogP contribution in [0.3, 0.4) is 0 Å². The van der Waals surface area contributed by atoms with E-state index in [1.54, 1.807) is 19.0 Å². The SMILES string of the molecule is CC(C)CNC(=NCC(=O)N(C)C)N1CCN(CC(C)C)CC1.I. The van der Waals surface area contributed by atoms with Crippen molar-refractivity contribution in [3.05, 3.63) is 0 Å². The van der Waals surface area contributed by atoms with Crippen LogP contribution in [0.1, 0.15) is 27.7 Å². The minimum Gasteiger partial charge on any atom is -0.356 e. The van der Waals surface area contributed by atoms with Gasteiger partial charge in [-0.1, -0.05) is 27.7 Å². The van der Waals surface area contributed by atoms with Gasteiger partial charge in [-0.15, -0.1) is 24.0 Å². The maximum absolute atomic E-state index is 11.8. The van der Waals surface area contributed by atoms with E-state index in [1.807, 2.05) is 0 Å². The van der Waals surface area contributed by atoms with Crippen LogP contribution < -0.4 is 5.32 Å². The molecule has 1 heterocycles. The summed E-state index contributed by atoms with van der Waals surface area (Å²) in [4.78, 5) is 22.7. The molecule has 1 N–H and O–H groups in total. The Morgan fingerprint density at radius 2 is 1.67 bits per heavy atom. The third kappa shape index (κ3) is 9.05. The van der Waals surface area contributed by atoms with Crippen molar-refractivity contribution >= 4 is 35.8 Å². The van der Waals surface area contributed by atoms with Gasteiger partial charge in [-0.3, -0.25) is 9.69 Å². The van der Waals surface area contributed by atoms with Crippen LogP contribution in [0.2, 0.25) is 0 Å². The number of carbonyl (C=O) groups is 1. The van der Waals surface area contributed by atoms with Crippen molar-refractivity contribution in [1.29, 1.82) is 0 Å². The predicted molar refractivity (Wildman–Crippen MR) is 112 cm³/mol. The summed E-state index contributed by atoms with van der Waals surface area (Å²) in [5.41, 5.74) is 0. The van der Waals surface area contributed by atoms with Crippen LogP contribution in [0.5, 0.6) is 0 Å². The fraction of sp³-hybridized carbons (Fsp3) is 0.882. The number of likely N-dealkylation sites (N-methyl/N-ethyl adjacent to an activating group) is 1. The lowest BCUT2D eigenvalue weighted by Crippen LogP contribution is -2.53. The Balaban J connectivity index is 0.00000529. The molecule has 0 saturated carbocycles. The first-order valence-electron chi connectivity index (χ1n) is 8.75. The lowest BCUT2D eigenvalue weighted by atomic mass is 10.2. The van der Waals surface area contributed by atoms with Crippen molar-refractivity contribution in [3.8, 4) is 0 Å².